The smallest absolute Gasteiger partial charge is 0.379 e. The van der Waals surface area contributed by atoms with Gasteiger partial charge in [-0.2, -0.15) is 18.3 Å². The molecule has 0 aliphatic heterocycles. The van der Waals surface area contributed by atoms with E-state index in [-0.39, 0.29) is 11.6 Å². The molecule has 2 aromatic carbocycles. The number of rotatable bonds is 8. The Hall–Kier alpha value is -2.87. The summed E-state index contributed by atoms with van der Waals surface area (Å²) in [6.45, 7) is 4.32. The summed E-state index contributed by atoms with van der Waals surface area (Å²) in [7, 11) is 0. The minimum absolute atomic E-state index is 0.0830. The molecule has 0 aliphatic rings. The van der Waals surface area contributed by atoms with Crippen LogP contribution in [0.1, 0.15) is 50.0 Å². The van der Waals surface area contributed by atoms with E-state index in [0.29, 0.717) is 11.6 Å². The van der Waals surface area contributed by atoms with Crippen LogP contribution in [0.5, 0.6) is 0 Å². The molecule has 30 heavy (non-hydrogen) atoms. The Balaban J connectivity index is 1.75. The van der Waals surface area contributed by atoms with Crippen molar-refractivity contribution in [2.45, 2.75) is 45.0 Å². The Bertz CT molecular complexity index is 905. The van der Waals surface area contributed by atoms with Crippen LogP contribution in [0.15, 0.2) is 61.2 Å². The number of alkyl halides is 3. The first-order valence-corrected chi connectivity index (χ1v) is 9.89. The highest BCUT2D eigenvalue weighted by Crippen LogP contribution is 2.34. The molecule has 0 fully saturated rings. The molecular weight excluding hydrogens is 393 g/mol. The van der Waals surface area contributed by atoms with Crippen LogP contribution >= 0.6 is 0 Å². The molecule has 3 aromatic rings. The van der Waals surface area contributed by atoms with Gasteiger partial charge in [-0.05, 0) is 41.3 Å². The van der Waals surface area contributed by atoms with Crippen LogP contribution in [-0.4, -0.2) is 26.0 Å². The fourth-order valence-corrected chi connectivity index (χ4v) is 3.61. The summed E-state index contributed by atoms with van der Waals surface area (Å²) in [5.74, 6) is 0.415. The minimum atomic E-state index is -4.68. The number of nitrogens with zero attached hydrogens (tertiary/aromatic N) is 3. The van der Waals surface area contributed by atoms with Crippen LogP contribution in [-0.2, 0) is 0 Å². The molecule has 5 nitrogen and oxygen atoms in total. The minimum Gasteiger partial charge on any atom is -0.379 e. The topological polar surface area (TPSA) is 63.0 Å². The highest BCUT2D eigenvalue weighted by molar-refractivity contribution is 5.60. The second kappa shape index (κ2) is 9.30. The van der Waals surface area contributed by atoms with Gasteiger partial charge in [-0.1, -0.05) is 51.0 Å². The van der Waals surface area contributed by atoms with Gasteiger partial charge in [0, 0.05) is 11.4 Å². The number of hydrogen-bond donors (Lipinski definition) is 2. The number of halogens is 3. The number of nitrogens with one attached hydrogen (secondary N) is 1. The summed E-state index contributed by atoms with van der Waals surface area (Å²) in [5, 5.41) is 16.8. The van der Waals surface area contributed by atoms with Crippen LogP contribution < -0.4 is 5.32 Å². The molecule has 0 amide bonds. The van der Waals surface area contributed by atoms with Crippen molar-refractivity contribution in [1.82, 2.24) is 14.8 Å². The maximum Gasteiger partial charge on any atom is 0.418 e. The van der Waals surface area contributed by atoms with Gasteiger partial charge in [0.1, 0.15) is 12.7 Å². The van der Waals surface area contributed by atoms with Crippen molar-refractivity contribution in [3.8, 4) is 0 Å². The van der Waals surface area contributed by atoms with Gasteiger partial charge in [0.15, 0.2) is 6.10 Å². The van der Waals surface area contributed by atoms with Gasteiger partial charge < -0.3 is 10.4 Å². The molecule has 1 aromatic heterocycles. The van der Waals surface area contributed by atoms with Crippen molar-refractivity contribution in [2.24, 2.45) is 5.92 Å². The second-order valence-electron chi connectivity index (χ2n) is 7.21. The van der Waals surface area contributed by atoms with E-state index in [1.54, 1.807) is 6.33 Å². The molecule has 2 N–H and O–H groups in total. The zero-order valence-corrected chi connectivity index (χ0v) is 16.8. The van der Waals surface area contributed by atoms with E-state index in [9.17, 15) is 18.3 Å². The number of benzene rings is 2. The van der Waals surface area contributed by atoms with Gasteiger partial charge >= 0.3 is 6.18 Å². The van der Waals surface area contributed by atoms with E-state index in [2.05, 4.69) is 29.2 Å². The highest BCUT2D eigenvalue weighted by atomic mass is 19.4. The average molecular weight is 418 g/mol. The van der Waals surface area contributed by atoms with Crippen LogP contribution in [0.4, 0.5) is 24.5 Å². The summed E-state index contributed by atoms with van der Waals surface area (Å²) in [5.41, 5.74) is 2.37. The Morgan fingerprint density at radius 3 is 1.90 bits per heavy atom. The average Bonchev–Trinajstić information content (AvgIpc) is 3.26. The zero-order chi connectivity index (χ0) is 21.7. The molecule has 0 saturated carbocycles. The summed E-state index contributed by atoms with van der Waals surface area (Å²) < 4.78 is 39.7. The van der Waals surface area contributed by atoms with E-state index in [1.165, 1.54) is 30.6 Å². The number of aliphatic hydroxyl groups is 1. The first-order valence-electron chi connectivity index (χ1n) is 9.89. The van der Waals surface area contributed by atoms with E-state index in [4.69, 9.17) is 0 Å². The third-order valence-corrected chi connectivity index (χ3v) is 5.29. The lowest BCUT2D eigenvalue weighted by molar-refractivity contribution is -0.206. The molecular formula is C22H25F3N4O. The van der Waals surface area contributed by atoms with Gasteiger partial charge in [0.05, 0.1) is 6.04 Å². The van der Waals surface area contributed by atoms with Crippen molar-refractivity contribution in [3.05, 3.63) is 72.3 Å². The summed E-state index contributed by atoms with van der Waals surface area (Å²) in [6, 6.07) is 13.6. The predicted molar refractivity (Wildman–Crippen MR) is 109 cm³/mol. The summed E-state index contributed by atoms with van der Waals surface area (Å²) in [6.07, 6.45) is -1.88. The largest absolute Gasteiger partial charge is 0.418 e. The highest BCUT2D eigenvalue weighted by Gasteiger charge is 2.39. The van der Waals surface area contributed by atoms with Crippen LogP contribution in [0.25, 0.3) is 0 Å². The van der Waals surface area contributed by atoms with Crippen molar-refractivity contribution in [1.29, 1.82) is 0 Å². The number of hydrogen-bond acceptors (Lipinski definition) is 4. The summed E-state index contributed by atoms with van der Waals surface area (Å²) in [4.78, 5) is 4.08. The van der Waals surface area contributed by atoms with Gasteiger partial charge in [0.2, 0.25) is 0 Å². The first kappa shape index (κ1) is 21.8. The van der Waals surface area contributed by atoms with Crippen molar-refractivity contribution < 1.29 is 18.3 Å². The molecule has 0 spiro atoms. The van der Waals surface area contributed by atoms with E-state index in [0.717, 1.165) is 24.1 Å². The van der Waals surface area contributed by atoms with E-state index >= 15 is 0 Å². The molecule has 160 valence electrons. The number of aliphatic hydroxyl groups excluding tert-OH is 1. The molecule has 0 saturated heterocycles. The second-order valence-corrected chi connectivity index (χ2v) is 7.21. The number of aromatic nitrogens is 3. The maximum absolute atomic E-state index is 12.6. The van der Waals surface area contributed by atoms with Crippen LogP contribution in [0.2, 0.25) is 0 Å². The summed E-state index contributed by atoms with van der Waals surface area (Å²) >= 11 is 0. The monoisotopic (exact) mass is 418 g/mol. The Labute approximate surface area is 173 Å². The molecule has 0 aliphatic carbocycles. The fraction of sp³-hybridized carbons (Fsp3) is 0.364. The normalized spacial score (nSPS) is 14.0. The third-order valence-electron chi connectivity index (χ3n) is 5.29. The molecule has 1 heterocycles. The van der Waals surface area contributed by atoms with Crippen molar-refractivity contribution >= 4 is 11.4 Å². The van der Waals surface area contributed by atoms with Crippen LogP contribution in [0, 0.1) is 5.92 Å². The molecule has 8 heteroatoms. The Kier molecular flexibility index (Phi) is 6.77. The van der Waals surface area contributed by atoms with Crippen LogP contribution in [0.3, 0.4) is 0 Å². The van der Waals surface area contributed by atoms with Gasteiger partial charge in [-0.25, -0.2) is 9.67 Å². The molecule has 2 unspecified atom stereocenters. The quantitative estimate of drug-likeness (QED) is 0.497. The SMILES string of the molecule is CCC(CC)C(c1ccc(Nc2ccc(C(O)C(F)(F)F)cc2)cc1)n1cncn1. The van der Waals surface area contributed by atoms with Crippen molar-refractivity contribution in [2.75, 3.05) is 5.32 Å². The predicted octanol–water partition coefficient (Wildman–Crippen LogP) is 5.64. The number of anilines is 2. The lowest BCUT2D eigenvalue weighted by atomic mass is 9.89. The standard InChI is InChI=1S/C22H25F3N4O/c1-3-15(4-2)20(29-14-26-13-27-29)16-5-9-18(10-6-16)28-19-11-7-17(8-12-19)21(30)22(23,24)25/h5-15,20-21,28,30H,3-4H2,1-2H3. The molecule has 0 radical (unpaired) electrons. The van der Waals surface area contributed by atoms with Crippen molar-refractivity contribution in [3.63, 3.8) is 0 Å². The molecule has 2 atom stereocenters. The van der Waals surface area contributed by atoms with E-state index in [1.807, 2.05) is 28.9 Å². The Morgan fingerprint density at radius 2 is 1.47 bits per heavy atom. The van der Waals surface area contributed by atoms with Gasteiger partial charge in [-0.15, -0.1) is 0 Å². The zero-order valence-electron chi connectivity index (χ0n) is 16.8. The fourth-order valence-electron chi connectivity index (χ4n) is 3.61. The lowest BCUT2D eigenvalue weighted by Crippen LogP contribution is -2.20. The first-order chi connectivity index (χ1) is 14.3. The van der Waals surface area contributed by atoms with Gasteiger partial charge in [-0.3, -0.25) is 0 Å². The maximum atomic E-state index is 12.6. The lowest BCUT2D eigenvalue weighted by Gasteiger charge is -2.26. The van der Waals surface area contributed by atoms with E-state index < -0.39 is 12.3 Å². The van der Waals surface area contributed by atoms with Gasteiger partial charge in [0.25, 0.3) is 0 Å². The Morgan fingerprint density at radius 1 is 0.933 bits per heavy atom. The molecule has 3 rings (SSSR count). The third kappa shape index (κ3) is 4.99. The molecule has 0 bridgehead atoms.